The van der Waals surface area contributed by atoms with Gasteiger partial charge < -0.3 is 9.84 Å². The summed E-state index contributed by atoms with van der Waals surface area (Å²) in [6.45, 7) is 3.81. The molecule has 1 N–H and O–H groups in total. The molecule has 1 aliphatic rings. The SMILES string of the molecule is CCC1CCC(Oc2ccc([N+](=O)[O-])cc2[C@@H](C)O)CC1. The van der Waals surface area contributed by atoms with E-state index in [0.717, 1.165) is 31.6 Å². The highest BCUT2D eigenvalue weighted by atomic mass is 16.6. The van der Waals surface area contributed by atoms with Gasteiger partial charge >= 0.3 is 0 Å². The van der Waals surface area contributed by atoms with Gasteiger partial charge in [0.15, 0.2) is 0 Å². The lowest BCUT2D eigenvalue weighted by Crippen LogP contribution is -2.24. The van der Waals surface area contributed by atoms with Crippen LogP contribution in [0.5, 0.6) is 5.75 Å². The molecule has 0 bridgehead atoms. The van der Waals surface area contributed by atoms with E-state index in [0.29, 0.717) is 11.3 Å². The number of rotatable bonds is 5. The van der Waals surface area contributed by atoms with Gasteiger partial charge in [0.25, 0.3) is 5.69 Å². The van der Waals surface area contributed by atoms with Crippen molar-refractivity contribution in [3.05, 3.63) is 33.9 Å². The van der Waals surface area contributed by atoms with E-state index in [1.165, 1.54) is 18.6 Å². The second-order valence-electron chi connectivity index (χ2n) is 5.82. The molecule has 1 aromatic rings. The molecule has 0 saturated heterocycles. The highest BCUT2D eigenvalue weighted by Crippen LogP contribution is 2.34. The number of nitro benzene ring substituents is 1. The van der Waals surface area contributed by atoms with Crippen LogP contribution in [0.2, 0.25) is 0 Å². The molecule has 2 rings (SSSR count). The summed E-state index contributed by atoms with van der Waals surface area (Å²) in [4.78, 5) is 10.4. The Balaban J connectivity index is 2.11. The maximum absolute atomic E-state index is 10.8. The smallest absolute Gasteiger partial charge is 0.270 e. The van der Waals surface area contributed by atoms with Crippen molar-refractivity contribution in [2.24, 2.45) is 5.92 Å². The number of hydrogen-bond donors (Lipinski definition) is 1. The second kappa shape index (κ2) is 6.89. The largest absolute Gasteiger partial charge is 0.490 e. The molecule has 0 spiro atoms. The quantitative estimate of drug-likeness (QED) is 0.658. The van der Waals surface area contributed by atoms with Crippen molar-refractivity contribution in [2.45, 2.75) is 58.2 Å². The Labute approximate surface area is 125 Å². The van der Waals surface area contributed by atoms with E-state index in [4.69, 9.17) is 4.74 Å². The van der Waals surface area contributed by atoms with Crippen molar-refractivity contribution in [1.82, 2.24) is 0 Å². The van der Waals surface area contributed by atoms with Crippen molar-refractivity contribution in [2.75, 3.05) is 0 Å². The van der Waals surface area contributed by atoms with E-state index in [1.807, 2.05) is 0 Å². The molecule has 5 nitrogen and oxygen atoms in total. The Kier molecular flexibility index (Phi) is 5.17. The van der Waals surface area contributed by atoms with Gasteiger partial charge in [-0.1, -0.05) is 13.3 Å². The summed E-state index contributed by atoms with van der Waals surface area (Å²) < 4.78 is 5.99. The number of non-ortho nitro benzene ring substituents is 1. The molecule has 1 atom stereocenters. The van der Waals surface area contributed by atoms with Gasteiger partial charge in [0.1, 0.15) is 5.75 Å². The van der Waals surface area contributed by atoms with E-state index in [-0.39, 0.29) is 11.8 Å². The summed E-state index contributed by atoms with van der Waals surface area (Å²) in [6.07, 6.45) is 4.92. The number of aliphatic hydroxyl groups excluding tert-OH is 1. The maximum Gasteiger partial charge on any atom is 0.270 e. The number of nitro groups is 1. The van der Waals surface area contributed by atoms with Gasteiger partial charge in [-0.05, 0) is 44.6 Å². The fraction of sp³-hybridized carbons (Fsp3) is 0.625. The van der Waals surface area contributed by atoms with Crippen molar-refractivity contribution in [3.63, 3.8) is 0 Å². The highest BCUT2D eigenvalue weighted by Gasteiger charge is 2.23. The van der Waals surface area contributed by atoms with Crippen LogP contribution in [0.4, 0.5) is 5.69 Å². The standard InChI is InChI=1S/C16H23NO4/c1-3-12-4-7-14(8-5-12)21-16-9-6-13(17(19)20)10-15(16)11(2)18/h6,9-12,14,18H,3-5,7-8H2,1-2H3/t11-,12?,14?/m1/s1. The molecule has 0 unspecified atom stereocenters. The first-order chi connectivity index (χ1) is 10.0. The lowest BCUT2D eigenvalue weighted by molar-refractivity contribution is -0.385. The summed E-state index contributed by atoms with van der Waals surface area (Å²) in [5.41, 5.74) is 0.467. The molecule has 0 radical (unpaired) electrons. The number of aliphatic hydroxyl groups is 1. The van der Waals surface area contributed by atoms with Gasteiger partial charge in [0, 0.05) is 17.7 Å². The van der Waals surface area contributed by atoms with Crippen LogP contribution < -0.4 is 4.74 Å². The van der Waals surface area contributed by atoms with Crippen LogP contribution in [-0.2, 0) is 0 Å². The van der Waals surface area contributed by atoms with Crippen LogP contribution in [0, 0.1) is 16.0 Å². The van der Waals surface area contributed by atoms with Crippen LogP contribution >= 0.6 is 0 Å². The van der Waals surface area contributed by atoms with Gasteiger partial charge in [0.05, 0.1) is 17.1 Å². The van der Waals surface area contributed by atoms with Crippen LogP contribution in [0.1, 0.15) is 57.6 Å². The third-order valence-electron chi connectivity index (χ3n) is 4.32. The summed E-state index contributed by atoms with van der Waals surface area (Å²) in [6, 6.07) is 4.43. The van der Waals surface area contributed by atoms with Crippen molar-refractivity contribution in [1.29, 1.82) is 0 Å². The molecule has 1 aromatic carbocycles. The van der Waals surface area contributed by atoms with Gasteiger partial charge in [-0.2, -0.15) is 0 Å². The summed E-state index contributed by atoms with van der Waals surface area (Å²) in [5, 5.41) is 20.6. The highest BCUT2D eigenvalue weighted by molar-refractivity contribution is 5.44. The topological polar surface area (TPSA) is 72.6 Å². The van der Waals surface area contributed by atoms with E-state index in [9.17, 15) is 15.2 Å². The van der Waals surface area contributed by atoms with Crippen LogP contribution in [0.3, 0.4) is 0 Å². The summed E-state index contributed by atoms with van der Waals surface area (Å²) in [5.74, 6) is 1.36. The van der Waals surface area contributed by atoms with E-state index in [2.05, 4.69) is 6.92 Å². The molecule has 0 heterocycles. The molecule has 5 heteroatoms. The Morgan fingerprint density at radius 1 is 1.38 bits per heavy atom. The molecule has 1 aliphatic carbocycles. The zero-order valence-corrected chi connectivity index (χ0v) is 12.6. The Morgan fingerprint density at radius 2 is 2.05 bits per heavy atom. The minimum Gasteiger partial charge on any atom is -0.490 e. The lowest BCUT2D eigenvalue weighted by Gasteiger charge is -2.29. The number of hydrogen-bond acceptors (Lipinski definition) is 4. The fourth-order valence-corrected chi connectivity index (χ4v) is 2.92. The van der Waals surface area contributed by atoms with Crippen molar-refractivity contribution in [3.8, 4) is 5.75 Å². The van der Waals surface area contributed by atoms with Crippen LogP contribution in [0.25, 0.3) is 0 Å². The normalized spacial score (nSPS) is 23.6. The fourth-order valence-electron chi connectivity index (χ4n) is 2.92. The number of benzene rings is 1. The van der Waals surface area contributed by atoms with Gasteiger partial charge in [-0.3, -0.25) is 10.1 Å². The molecule has 0 aromatic heterocycles. The first-order valence-corrected chi connectivity index (χ1v) is 7.64. The predicted octanol–water partition coefficient (Wildman–Crippen LogP) is 4.00. The molecule has 21 heavy (non-hydrogen) atoms. The Hall–Kier alpha value is -1.62. The van der Waals surface area contributed by atoms with Gasteiger partial charge in [0.2, 0.25) is 0 Å². The zero-order chi connectivity index (χ0) is 15.4. The average Bonchev–Trinajstić information content (AvgIpc) is 2.48. The lowest BCUT2D eigenvalue weighted by atomic mass is 9.86. The van der Waals surface area contributed by atoms with E-state index >= 15 is 0 Å². The van der Waals surface area contributed by atoms with E-state index in [1.54, 1.807) is 13.0 Å². The third kappa shape index (κ3) is 3.94. The second-order valence-corrected chi connectivity index (χ2v) is 5.82. The minimum atomic E-state index is -0.785. The minimum absolute atomic E-state index is 0.0204. The molecular formula is C16H23NO4. The first kappa shape index (κ1) is 15.8. The molecular weight excluding hydrogens is 270 g/mol. The zero-order valence-electron chi connectivity index (χ0n) is 12.6. The first-order valence-electron chi connectivity index (χ1n) is 7.64. The van der Waals surface area contributed by atoms with Gasteiger partial charge in [-0.25, -0.2) is 0 Å². The van der Waals surface area contributed by atoms with Crippen molar-refractivity contribution >= 4 is 5.69 Å². The number of nitrogens with zero attached hydrogens (tertiary/aromatic N) is 1. The Bertz CT molecular complexity index is 493. The molecule has 116 valence electrons. The van der Waals surface area contributed by atoms with Crippen LogP contribution in [-0.4, -0.2) is 16.1 Å². The molecule has 0 amide bonds. The third-order valence-corrected chi connectivity index (χ3v) is 4.32. The number of ether oxygens (including phenoxy) is 1. The summed E-state index contributed by atoms with van der Waals surface area (Å²) in [7, 11) is 0. The predicted molar refractivity (Wildman–Crippen MR) is 80.4 cm³/mol. The Morgan fingerprint density at radius 3 is 2.57 bits per heavy atom. The van der Waals surface area contributed by atoms with Crippen LogP contribution in [0.15, 0.2) is 18.2 Å². The van der Waals surface area contributed by atoms with Crippen molar-refractivity contribution < 1.29 is 14.8 Å². The molecule has 1 saturated carbocycles. The van der Waals surface area contributed by atoms with E-state index < -0.39 is 11.0 Å². The maximum atomic E-state index is 10.8. The summed E-state index contributed by atoms with van der Waals surface area (Å²) >= 11 is 0. The molecule has 1 fully saturated rings. The molecule has 0 aliphatic heterocycles. The van der Waals surface area contributed by atoms with Gasteiger partial charge in [-0.15, -0.1) is 0 Å². The average molecular weight is 293 g/mol. The monoisotopic (exact) mass is 293 g/mol.